The first-order chi connectivity index (χ1) is 15.8. The van der Waals surface area contributed by atoms with E-state index in [1.54, 1.807) is 18.2 Å². The number of para-hydroxylation sites is 1. The first kappa shape index (κ1) is 24.8. The summed E-state index contributed by atoms with van der Waals surface area (Å²) in [6, 6.07) is 10.5. The van der Waals surface area contributed by atoms with Crippen molar-refractivity contribution < 1.29 is 36.9 Å². The molecule has 0 bridgehead atoms. The van der Waals surface area contributed by atoms with Crippen LogP contribution in [0, 0.1) is 5.82 Å². The lowest BCUT2D eigenvalue weighted by atomic mass is 10.2. The molecule has 1 N–H and O–H groups in total. The third-order valence-corrected chi connectivity index (χ3v) is 4.88. The number of aliphatic carboxylic acids is 1. The smallest absolute Gasteiger partial charge is 0.431 e. The summed E-state index contributed by atoms with van der Waals surface area (Å²) in [5.41, 5.74) is -5.12. The topological polar surface area (TPSA) is 99.8 Å². The van der Waals surface area contributed by atoms with Crippen molar-refractivity contribution >= 4 is 17.6 Å². The number of ether oxygens (including phenoxy) is 2. The minimum Gasteiger partial charge on any atom is -0.487 e. The van der Waals surface area contributed by atoms with E-state index in [-0.39, 0.29) is 26.7 Å². The summed E-state index contributed by atoms with van der Waals surface area (Å²) in [6.07, 6.45) is -4.99. The predicted octanol–water partition coefficient (Wildman–Crippen LogP) is 3.17. The van der Waals surface area contributed by atoms with Crippen LogP contribution in [0.4, 0.5) is 17.6 Å². The van der Waals surface area contributed by atoms with Crippen molar-refractivity contribution in [2.24, 2.45) is 7.05 Å². The fourth-order valence-electron chi connectivity index (χ4n) is 2.86. The summed E-state index contributed by atoms with van der Waals surface area (Å²) in [4.78, 5) is 36.3. The largest absolute Gasteiger partial charge is 0.487 e. The summed E-state index contributed by atoms with van der Waals surface area (Å²) in [7, 11) is 0.773. The van der Waals surface area contributed by atoms with Crippen LogP contribution in [0.1, 0.15) is 5.69 Å². The molecule has 2 aromatic carbocycles. The zero-order valence-electron chi connectivity index (χ0n) is 17.2. The molecule has 180 valence electrons. The van der Waals surface area contributed by atoms with Crippen LogP contribution in [0.15, 0.2) is 64.2 Å². The number of halogens is 5. The van der Waals surface area contributed by atoms with Crippen molar-refractivity contribution in [3.63, 3.8) is 0 Å². The van der Waals surface area contributed by atoms with Gasteiger partial charge in [-0.15, -0.1) is 0 Å². The summed E-state index contributed by atoms with van der Waals surface area (Å²) >= 11 is 6.04. The Morgan fingerprint density at radius 1 is 1.06 bits per heavy atom. The molecular formula is C21H15ClF4N2O6. The van der Waals surface area contributed by atoms with E-state index in [2.05, 4.69) is 0 Å². The van der Waals surface area contributed by atoms with Crippen LogP contribution in [0.25, 0.3) is 5.69 Å². The number of benzene rings is 2. The number of nitrogens with zero attached hydrogens (tertiary/aromatic N) is 2. The number of carboxylic acids is 1. The Morgan fingerprint density at radius 3 is 2.29 bits per heavy atom. The van der Waals surface area contributed by atoms with Crippen LogP contribution in [-0.4, -0.2) is 31.9 Å². The molecule has 0 radical (unpaired) electrons. The first-order valence-corrected chi connectivity index (χ1v) is 9.70. The Kier molecular flexibility index (Phi) is 6.73. The van der Waals surface area contributed by atoms with Gasteiger partial charge in [0, 0.05) is 19.2 Å². The molecular weight excluding hydrogens is 488 g/mol. The average molecular weight is 503 g/mol. The number of carboxylic acid groups (broad SMARTS) is 1. The number of hydrogen-bond acceptors (Lipinski definition) is 5. The maximum atomic E-state index is 14.4. The van der Waals surface area contributed by atoms with E-state index in [0.29, 0.717) is 0 Å². The Hall–Kier alpha value is -3.80. The lowest BCUT2D eigenvalue weighted by molar-refractivity contribution is -0.150. The SMILES string of the molecule is Cn1c(C(F)(F)F)cc(=O)n(-c2cc(OCC(Cl)(Oc3ccccc3)C(=O)O)ccc2F)c1=O. The van der Waals surface area contributed by atoms with Crippen LogP contribution < -0.4 is 20.7 Å². The van der Waals surface area contributed by atoms with Gasteiger partial charge in [0.1, 0.15) is 23.0 Å². The molecule has 1 heterocycles. The van der Waals surface area contributed by atoms with Gasteiger partial charge in [0.2, 0.25) is 0 Å². The van der Waals surface area contributed by atoms with Crippen LogP contribution >= 0.6 is 11.6 Å². The monoisotopic (exact) mass is 502 g/mol. The number of alkyl halides is 4. The summed E-state index contributed by atoms with van der Waals surface area (Å²) in [6.45, 7) is -0.802. The van der Waals surface area contributed by atoms with Gasteiger partial charge in [0.05, 0.1) is 5.69 Å². The molecule has 0 aliphatic heterocycles. The molecule has 3 rings (SSSR count). The fourth-order valence-corrected chi connectivity index (χ4v) is 3.00. The van der Waals surface area contributed by atoms with Gasteiger partial charge in [-0.05, 0) is 24.3 Å². The van der Waals surface area contributed by atoms with Gasteiger partial charge in [0.15, 0.2) is 6.61 Å². The zero-order chi connectivity index (χ0) is 25.3. The number of aromatic nitrogens is 2. The third kappa shape index (κ3) is 5.06. The van der Waals surface area contributed by atoms with Crippen LogP contribution in [0.5, 0.6) is 11.5 Å². The number of hydrogen-bond donors (Lipinski definition) is 1. The van der Waals surface area contributed by atoms with Gasteiger partial charge in [-0.2, -0.15) is 13.2 Å². The highest BCUT2D eigenvalue weighted by atomic mass is 35.5. The van der Waals surface area contributed by atoms with Gasteiger partial charge in [-0.25, -0.2) is 18.5 Å². The molecule has 13 heteroatoms. The van der Waals surface area contributed by atoms with Gasteiger partial charge in [-0.1, -0.05) is 29.8 Å². The molecule has 8 nitrogen and oxygen atoms in total. The Morgan fingerprint density at radius 2 is 1.71 bits per heavy atom. The van der Waals surface area contributed by atoms with E-state index in [0.717, 1.165) is 25.2 Å². The van der Waals surface area contributed by atoms with E-state index in [9.17, 15) is 37.1 Å². The Bertz CT molecular complexity index is 1340. The van der Waals surface area contributed by atoms with Gasteiger partial charge in [0.25, 0.3) is 5.56 Å². The van der Waals surface area contributed by atoms with Crippen LogP contribution in [0.2, 0.25) is 0 Å². The lowest BCUT2D eigenvalue weighted by Crippen LogP contribution is -2.44. The van der Waals surface area contributed by atoms with Crippen LogP contribution in [-0.2, 0) is 18.0 Å². The van der Waals surface area contributed by atoms with Gasteiger partial charge >= 0.3 is 22.9 Å². The standard InChI is InChI=1S/C21H15ClF4N2O6/c1-27-16(21(24,25)26)10-17(29)28(19(27)32)15-9-13(7-8-14(15)23)33-11-20(22,18(30)31)34-12-5-3-2-4-6-12/h2-10H,11H2,1H3,(H,30,31). The molecule has 34 heavy (non-hydrogen) atoms. The molecule has 0 aliphatic rings. The molecule has 3 aromatic rings. The Balaban J connectivity index is 1.96. The number of carbonyl (C=O) groups is 1. The summed E-state index contributed by atoms with van der Waals surface area (Å²) in [5, 5.41) is 7.06. The zero-order valence-corrected chi connectivity index (χ0v) is 17.9. The normalized spacial score (nSPS) is 13.2. The van der Waals surface area contributed by atoms with Crippen molar-refractivity contribution in [2.45, 2.75) is 11.2 Å². The van der Waals surface area contributed by atoms with E-state index in [4.69, 9.17) is 21.1 Å². The molecule has 1 aromatic heterocycles. The molecule has 1 atom stereocenters. The van der Waals surface area contributed by atoms with Gasteiger partial charge < -0.3 is 14.6 Å². The van der Waals surface area contributed by atoms with E-state index in [1.165, 1.54) is 12.1 Å². The van der Waals surface area contributed by atoms with Crippen molar-refractivity contribution in [3.05, 3.63) is 86.9 Å². The predicted molar refractivity (Wildman–Crippen MR) is 111 cm³/mol. The van der Waals surface area contributed by atoms with E-state index >= 15 is 0 Å². The van der Waals surface area contributed by atoms with Crippen LogP contribution in [0.3, 0.4) is 0 Å². The molecule has 0 saturated carbocycles. The second-order valence-electron chi connectivity index (χ2n) is 6.89. The second-order valence-corrected chi connectivity index (χ2v) is 7.50. The highest BCUT2D eigenvalue weighted by Crippen LogP contribution is 2.28. The highest BCUT2D eigenvalue weighted by Gasteiger charge is 2.40. The quantitative estimate of drug-likeness (QED) is 0.393. The van der Waals surface area contributed by atoms with E-state index in [1.807, 2.05) is 0 Å². The maximum absolute atomic E-state index is 14.4. The Labute approximate surface area is 193 Å². The minimum absolute atomic E-state index is 0.114. The summed E-state index contributed by atoms with van der Waals surface area (Å²) in [5.74, 6) is -2.85. The fraction of sp³-hybridized carbons (Fsp3) is 0.190. The van der Waals surface area contributed by atoms with Crippen molar-refractivity contribution in [3.8, 4) is 17.2 Å². The average Bonchev–Trinajstić information content (AvgIpc) is 2.76. The molecule has 0 aliphatic carbocycles. The van der Waals surface area contributed by atoms with Crippen molar-refractivity contribution in [1.29, 1.82) is 0 Å². The molecule has 1 unspecified atom stereocenters. The molecule has 0 saturated heterocycles. The molecule has 0 spiro atoms. The lowest BCUT2D eigenvalue weighted by Gasteiger charge is -2.24. The minimum atomic E-state index is -4.99. The number of rotatable bonds is 7. The van der Waals surface area contributed by atoms with Crippen molar-refractivity contribution in [1.82, 2.24) is 9.13 Å². The first-order valence-electron chi connectivity index (χ1n) is 9.33. The molecule has 0 fully saturated rings. The highest BCUT2D eigenvalue weighted by molar-refractivity contribution is 6.32. The van der Waals surface area contributed by atoms with E-state index < -0.39 is 52.3 Å². The third-order valence-electron chi connectivity index (χ3n) is 4.54. The summed E-state index contributed by atoms with van der Waals surface area (Å²) < 4.78 is 64.5. The van der Waals surface area contributed by atoms with Gasteiger partial charge in [-0.3, -0.25) is 9.36 Å². The maximum Gasteiger partial charge on any atom is 0.431 e. The van der Waals surface area contributed by atoms with Crippen molar-refractivity contribution in [2.75, 3.05) is 6.61 Å². The second kappa shape index (κ2) is 9.21. The molecule has 0 amide bonds.